The second-order valence-corrected chi connectivity index (χ2v) is 12.4. The van der Waals surface area contributed by atoms with Gasteiger partial charge in [-0.05, 0) is 69.3 Å². The van der Waals surface area contributed by atoms with E-state index >= 15 is 0 Å². The van der Waals surface area contributed by atoms with Gasteiger partial charge in [0.1, 0.15) is 12.2 Å². The van der Waals surface area contributed by atoms with Gasteiger partial charge in [-0.15, -0.1) is 0 Å². The van der Waals surface area contributed by atoms with Gasteiger partial charge in [-0.2, -0.15) is 13.2 Å². The van der Waals surface area contributed by atoms with Gasteiger partial charge in [0.05, 0.1) is 17.9 Å². The van der Waals surface area contributed by atoms with Crippen molar-refractivity contribution in [2.24, 2.45) is 29.1 Å². The summed E-state index contributed by atoms with van der Waals surface area (Å²) in [4.78, 5) is 36.8. The zero-order valence-corrected chi connectivity index (χ0v) is 25.3. The molecule has 0 aromatic rings. The van der Waals surface area contributed by atoms with Gasteiger partial charge < -0.3 is 19.9 Å². The molecule has 2 aliphatic rings. The molecular formula is C31H48F3NO6. The van der Waals surface area contributed by atoms with Gasteiger partial charge in [-0.1, -0.05) is 52.3 Å². The molecule has 0 aliphatic heterocycles. The number of esters is 2. The number of rotatable bonds is 14. The van der Waals surface area contributed by atoms with E-state index in [9.17, 15) is 32.7 Å². The first-order valence-electron chi connectivity index (χ1n) is 14.9. The summed E-state index contributed by atoms with van der Waals surface area (Å²) in [6.45, 7) is 12.1. The maximum absolute atomic E-state index is 13.0. The number of halogens is 3. The molecule has 0 fully saturated rings. The molecule has 0 aromatic carbocycles. The molecule has 2 aliphatic carbocycles. The predicted molar refractivity (Wildman–Crippen MR) is 149 cm³/mol. The lowest BCUT2D eigenvalue weighted by Crippen LogP contribution is -2.43. The lowest BCUT2D eigenvalue weighted by molar-refractivity contribution is -0.206. The maximum atomic E-state index is 13.0. The Bertz CT molecular complexity index is 960. The number of hydrogen-bond donors (Lipinski definition) is 2. The Morgan fingerprint density at radius 1 is 1.15 bits per heavy atom. The van der Waals surface area contributed by atoms with E-state index in [0.717, 1.165) is 12.0 Å². The van der Waals surface area contributed by atoms with E-state index in [4.69, 9.17) is 4.74 Å². The Morgan fingerprint density at radius 3 is 2.44 bits per heavy atom. The molecule has 2 rings (SSSR count). The van der Waals surface area contributed by atoms with E-state index in [1.165, 1.54) is 0 Å². The summed E-state index contributed by atoms with van der Waals surface area (Å²) in [6, 6.07) is 0. The SMILES string of the molecule is CCCCNC(=O)CC(CC(O)CCC1C(C)C=CC2=CC(C)CC(OC(=O)C(C)(C)CC)C21)OC(=O)C(F)(F)F. The molecule has 0 heterocycles. The Balaban J connectivity index is 2.14. The van der Waals surface area contributed by atoms with Gasteiger partial charge >= 0.3 is 18.1 Å². The van der Waals surface area contributed by atoms with Crippen LogP contribution in [0.4, 0.5) is 13.2 Å². The van der Waals surface area contributed by atoms with Crippen molar-refractivity contribution < 1.29 is 42.1 Å². The van der Waals surface area contributed by atoms with Crippen molar-refractivity contribution in [2.45, 2.75) is 117 Å². The fourth-order valence-corrected chi connectivity index (χ4v) is 5.54. The summed E-state index contributed by atoms with van der Waals surface area (Å²) in [5.74, 6) is -2.88. The molecule has 7 atom stereocenters. The molecule has 0 bridgehead atoms. The van der Waals surface area contributed by atoms with Crippen molar-refractivity contribution in [2.75, 3.05) is 6.54 Å². The number of hydrogen-bond acceptors (Lipinski definition) is 6. The molecule has 234 valence electrons. The number of fused-ring (bicyclic) bond motifs is 1. The van der Waals surface area contributed by atoms with Crippen LogP contribution in [0.1, 0.15) is 92.9 Å². The fraction of sp³-hybridized carbons (Fsp3) is 0.774. The van der Waals surface area contributed by atoms with Crippen LogP contribution in [0.25, 0.3) is 0 Å². The van der Waals surface area contributed by atoms with E-state index < -0.39 is 42.1 Å². The molecule has 0 radical (unpaired) electrons. The van der Waals surface area contributed by atoms with Crippen LogP contribution in [-0.2, 0) is 23.9 Å². The Labute approximate surface area is 242 Å². The first kappa shape index (κ1) is 34.8. The number of allylic oxidation sites excluding steroid dienone is 3. The molecular weight excluding hydrogens is 539 g/mol. The first-order chi connectivity index (χ1) is 19.1. The minimum Gasteiger partial charge on any atom is -0.461 e. The summed E-state index contributed by atoms with van der Waals surface area (Å²) in [5.41, 5.74) is 0.479. The van der Waals surface area contributed by atoms with Gasteiger partial charge in [0.2, 0.25) is 5.91 Å². The van der Waals surface area contributed by atoms with Gasteiger partial charge in [-0.3, -0.25) is 9.59 Å². The molecule has 1 amide bonds. The second-order valence-electron chi connectivity index (χ2n) is 12.4. The van der Waals surface area contributed by atoms with Crippen LogP contribution >= 0.6 is 0 Å². The lowest BCUT2D eigenvalue weighted by Gasteiger charge is -2.44. The van der Waals surface area contributed by atoms with Crippen molar-refractivity contribution in [3.05, 3.63) is 23.8 Å². The quantitative estimate of drug-likeness (QED) is 0.190. The van der Waals surface area contributed by atoms with Crippen LogP contribution < -0.4 is 5.32 Å². The molecule has 2 N–H and O–H groups in total. The molecule has 41 heavy (non-hydrogen) atoms. The van der Waals surface area contributed by atoms with Crippen molar-refractivity contribution in [3.8, 4) is 0 Å². The van der Waals surface area contributed by atoms with Crippen LogP contribution in [0, 0.1) is 29.1 Å². The third-order valence-corrected chi connectivity index (χ3v) is 8.43. The monoisotopic (exact) mass is 587 g/mol. The van der Waals surface area contributed by atoms with Gasteiger partial charge in [0, 0.05) is 18.9 Å². The Morgan fingerprint density at radius 2 is 1.83 bits per heavy atom. The van der Waals surface area contributed by atoms with Gasteiger partial charge in [0.15, 0.2) is 0 Å². The standard InChI is InChI=1S/C31H48F3NO6/c1-7-9-14-35-26(37)18-23(40-29(39)31(32,33)34)17-22(36)12-13-24-20(4)10-11-21-15-19(3)16-25(27(21)24)41-28(38)30(5,6)8-2/h10-11,15,19-20,22-25,27,36H,7-9,12-14,16-18H2,1-6H3,(H,35,37). The normalized spacial score (nSPS) is 25.9. The average molecular weight is 588 g/mol. The average Bonchev–Trinajstić information content (AvgIpc) is 2.87. The van der Waals surface area contributed by atoms with Crippen molar-refractivity contribution in [1.82, 2.24) is 5.32 Å². The summed E-state index contributed by atoms with van der Waals surface area (Å²) >= 11 is 0. The van der Waals surface area contributed by atoms with Crippen LogP contribution in [0.2, 0.25) is 0 Å². The zero-order chi connectivity index (χ0) is 31.0. The largest absolute Gasteiger partial charge is 0.490 e. The van der Waals surface area contributed by atoms with Crippen LogP contribution in [-0.4, -0.2) is 54.0 Å². The zero-order valence-electron chi connectivity index (χ0n) is 25.3. The predicted octanol–water partition coefficient (Wildman–Crippen LogP) is 6.05. The van der Waals surface area contributed by atoms with E-state index in [1.807, 2.05) is 27.7 Å². The highest BCUT2D eigenvalue weighted by Gasteiger charge is 2.44. The maximum Gasteiger partial charge on any atom is 0.490 e. The van der Waals surface area contributed by atoms with E-state index in [1.54, 1.807) is 0 Å². The smallest absolute Gasteiger partial charge is 0.461 e. The number of aliphatic hydroxyl groups is 1. The van der Waals surface area contributed by atoms with Crippen molar-refractivity contribution in [3.63, 3.8) is 0 Å². The molecule has 7 unspecified atom stereocenters. The van der Waals surface area contributed by atoms with Gasteiger partial charge in [-0.25, -0.2) is 4.79 Å². The van der Waals surface area contributed by atoms with E-state index in [-0.39, 0.29) is 48.6 Å². The Kier molecular flexibility index (Phi) is 12.9. The Hall–Kier alpha value is -2.36. The van der Waals surface area contributed by atoms with E-state index in [2.05, 4.69) is 42.1 Å². The lowest BCUT2D eigenvalue weighted by atomic mass is 9.65. The minimum absolute atomic E-state index is 0.0180. The van der Waals surface area contributed by atoms with Gasteiger partial charge in [0.25, 0.3) is 0 Å². The number of ether oxygens (including phenoxy) is 2. The number of unbranched alkanes of at least 4 members (excludes halogenated alkanes) is 1. The highest BCUT2D eigenvalue weighted by molar-refractivity contribution is 5.78. The minimum atomic E-state index is -5.20. The third-order valence-electron chi connectivity index (χ3n) is 8.43. The van der Waals surface area contributed by atoms with Crippen LogP contribution in [0.15, 0.2) is 23.8 Å². The summed E-state index contributed by atoms with van der Waals surface area (Å²) in [7, 11) is 0. The highest BCUT2D eigenvalue weighted by Crippen LogP contribution is 2.45. The molecule has 0 saturated heterocycles. The van der Waals surface area contributed by atoms with Crippen molar-refractivity contribution >= 4 is 17.8 Å². The second kappa shape index (κ2) is 15.2. The first-order valence-corrected chi connectivity index (χ1v) is 14.9. The topological polar surface area (TPSA) is 102 Å². The number of alkyl halides is 3. The van der Waals surface area contributed by atoms with Crippen LogP contribution in [0.5, 0.6) is 0 Å². The molecule has 0 spiro atoms. The fourth-order valence-electron chi connectivity index (χ4n) is 5.54. The van der Waals surface area contributed by atoms with Crippen LogP contribution in [0.3, 0.4) is 0 Å². The molecule has 0 aromatic heterocycles. The third kappa shape index (κ3) is 10.5. The summed E-state index contributed by atoms with van der Waals surface area (Å²) < 4.78 is 49.4. The van der Waals surface area contributed by atoms with Crippen molar-refractivity contribution in [1.29, 1.82) is 0 Å². The van der Waals surface area contributed by atoms with E-state index in [0.29, 0.717) is 32.2 Å². The number of aliphatic hydroxyl groups excluding tert-OH is 1. The number of carbonyl (C=O) groups excluding carboxylic acids is 3. The number of amides is 1. The molecule has 7 nitrogen and oxygen atoms in total. The summed E-state index contributed by atoms with van der Waals surface area (Å²) in [6.07, 6.45) is 1.14. The number of nitrogens with one attached hydrogen (secondary N) is 1. The molecule has 10 heteroatoms. The highest BCUT2D eigenvalue weighted by atomic mass is 19.4. The molecule has 0 saturated carbocycles. The number of carbonyl (C=O) groups is 3. The summed E-state index contributed by atoms with van der Waals surface area (Å²) in [5, 5.41) is 13.5.